The number of halogens is 1. The Morgan fingerprint density at radius 2 is 2.23 bits per heavy atom. The van der Waals surface area contributed by atoms with Crippen molar-refractivity contribution in [2.75, 3.05) is 20.2 Å². The maximum Gasteiger partial charge on any atom is 0.321 e. The normalized spacial score (nSPS) is 18.6. The van der Waals surface area contributed by atoms with Gasteiger partial charge in [0.2, 0.25) is 0 Å². The van der Waals surface area contributed by atoms with Crippen LogP contribution >= 0.6 is 22.9 Å². The lowest BCUT2D eigenvalue weighted by Crippen LogP contribution is -2.33. The smallest absolute Gasteiger partial charge is 0.321 e. The van der Waals surface area contributed by atoms with Gasteiger partial charge in [-0.05, 0) is 37.3 Å². The van der Waals surface area contributed by atoms with Crippen molar-refractivity contribution < 1.29 is 17.9 Å². The second-order valence-electron chi connectivity index (χ2n) is 5.15. The number of carbonyl (C=O) groups is 1. The van der Waals surface area contributed by atoms with Crippen LogP contribution in [-0.2, 0) is 19.6 Å². The fraction of sp³-hybridized carbons (Fsp3) is 0.500. The number of carbonyl (C=O) groups excluding carboxylic acids is 1. The second kappa shape index (κ2) is 7.59. The number of sulfonamides is 1. The molecule has 0 saturated heterocycles. The molecule has 0 N–H and O–H groups in total. The van der Waals surface area contributed by atoms with Crippen LogP contribution in [0.25, 0.3) is 0 Å². The molecular formula is C14H18ClNO4S2. The first-order valence-corrected chi connectivity index (χ1v) is 9.55. The Hall–Kier alpha value is -0.890. The van der Waals surface area contributed by atoms with Crippen molar-refractivity contribution in [3.05, 3.63) is 28.6 Å². The second-order valence-corrected chi connectivity index (χ2v) is 9.14. The van der Waals surface area contributed by atoms with E-state index in [9.17, 15) is 13.2 Å². The average Bonchev–Trinajstić information content (AvgIpc) is 2.93. The van der Waals surface area contributed by atoms with E-state index in [1.165, 1.54) is 19.2 Å². The molecule has 0 fully saturated rings. The zero-order valence-corrected chi connectivity index (χ0v) is 14.6. The molecule has 1 heterocycles. The number of allylic oxidation sites excluding steroid dienone is 2. The molecule has 0 radical (unpaired) electrons. The van der Waals surface area contributed by atoms with E-state index < -0.39 is 16.0 Å². The lowest BCUT2D eigenvalue weighted by atomic mass is 9.95. The number of thiophene rings is 1. The summed E-state index contributed by atoms with van der Waals surface area (Å²) in [7, 11) is -2.35. The van der Waals surface area contributed by atoms with Gasteiger partial charge in [0.1, 0.15) is 10.8 Å². The molecule has 22 heavy (non-hydrogen) atoms. The van der Waals surface area contributed by atoms with Crippen molar-refractivity contribution in [1.82, 2.24) is 4.31 Å². The van der Waals surface area contributed by atoms with E-state index in [0.717, 1.165) is 34.9 Å². The summed E-state index contributed by atoms with van der Waals surface area (Å²) in [5, 5.41) is 0. The fourth-order valence-corrected chi connectivity index (χ4v) is 4.93. The number of hydrogen-bond acceptors (Lipinski definition) is 5. The maximum absolute atomic E-state index is 12.2. The summed E-state index contributed by atoms with van der Waals surface area (Å²) < 4.78 is 31.2. The number of rotatable bonds is 6. The van der Waals surface area contributed by atoms with Crippen LogP contribution in [0.1, 0.15) is 19.3 Å². The van der Waals surface area contributed by atoms with Crippen LogP contribution in [0, 0.1) is 5.92 Å². The molecule has 1 aliphatic rings. The predicted octanol–water partition coefficient (Wildman–Crippen LogP) is 2.92. The Balaban J connectivity index is 1.86. The molecule has 1 aliphatic carbocycles. The van der Waals surface area contributed by atoms with Crippen molar-refractivity contribution in [2.45, 2.75) is 23.5 Å². The minimum Gasteiger partial charge on any atom is -0.464 e. The Labute approximate surface area is 139 Å². The third kappa shape index (κ3) is 4.55. The highest BCUT2D eigenvalue weighted by atomic mass is 35.5. The number of ether oxygens (including phenoxy) is 1. The Kier molecular flexibility index (Phi) is 6.02. The van der Waals surface area contributed by atoms with Crippen LogP contribution in [0.2, 0.25) is 4.34 Å². The van der Waals surface area contributed by atoms with Crippen molar-refractivity contribution in [3.8, 4) is 0 Å². The van der Waals surface area contributed by atoms with E-state index in [2.05, 4.69) is 12.2 Å². The minimum atomic E-state index is -3.70. The van der Waals surface area contributed by atoms with Crippen LogP contribution in [0.5, 0.6) is 0 Å². The van der Waals surface area contributed by atoms with Crippen LogP contribution in [0.15, 0.2) is 28.5 Å². The maximum atomic E-state index is 12.2. The van der Waals surface area contributed by atoms with Crippen molar-refractivity contribution in [1.29, 1.82) is 0 Å². The van der Waals surface area contributed by atoms with Gasteiger partial charge in [-0.15, -0.1) is 11.3 Å². The molecular weight excluding hydrogens is 346 g/mol. The van der Waals surface area contributed by atoms with Gasteiger partial charge in [-0.1, -0.05) is 23.8 Å². The van der Waals surface area contributed by atoms with Gasteiger partial charge in [0.15, 0.2) is 0 Å². The highest BCUT2D eigenvalue weighted by molar-refractivity contribution is 7.91. The number of hydrogen-bond donors (Lipinski definition) is 0. The summed E-state index contributed by atoms with van der Waals surface area (Å²) >= 11 is 6.71. The van der Waals surface area contributed by atoms with Gasteiger partial charge in [-0.3, -0.25) is 4.79 Å². The van der Waals surface area contributed by atoms with Gasteiger partial charge in [0.05, 0.1) is 10.9 Å². The zero-order valence-electron chi connectivity index (χ0n) is 12.2. The van der Waals surface area contributed by atoms with Crippen LogP contribution in [-0.4, -0.2) is 38.9 Å². The van der Waals surface area contributed by atoms with Gasteiger partial charge < -0.3 is 4.74 Å². The lowest BCUT2D eigenvalue weighted by Gasteiger charge is -2.19. The molecule has 8 heteroatoms. The summed E-state index contributed by atoms with van der Waals surface area (Å²) in [6.45, 7) is 0.0301. The number of nitrogens with zero attached hydrogens (tertiary/aromatic N) is 1. The molecule has 5 nitrogen and oxygen atoms in total. The molecule has 0 aromatic carbocycles. The highest BCUT2D eigenvalue weighted by Gasteiger charge is 2.25. The summed E-state index contributed by atoms with van der Waals surface area (Å²) in [4.78, 5) is 11.8. The first-order chi connectivity index (χ1) is 10.4. The molecule has 0 spiro atoms. The third-order valence-corrected chi connectivity index (χ3v) is 6.92. The molecule has 1 aromatic heterocycles. The van der Waals surface area contributed by atoms with Gasteiger partial charge in [0.25, 0.3) is 10.0 Å². The quantitative estimate of drug-likeness (QED) is 0.575. The van der Waals surface area contributed by atoms with Crippen molar-refractivity contribution >= 4 is 38.9 Å². The SMILES string of the molecule is CN(CC(=O)OCC1CC=CCC1)S(=O)(=O)c1ccc(Cl)s1. The standard InChI is InChI=1S/C14H18ClNO4S2/c1-16(22(18,19)14-8-7-12(15)21-14)9-13(17)20-10-11-5-3-2-4-6-11/h2-3,7-8,11H,4-6,9-10H2,1H3. The molecule has 0 amide bonds. The summed E-state index contributed by atoms with van der Waals surface area (Å²) in [5.41, 5.74) is 0. The Morgan fingerprint density at radius 1 is 1.45 bits per heavy atom. The van der Waals surface area contributed by atoms with E-state index in [0.29, 0.717) is 16.9 Å². The Morgan fingerprint density at radius 3 is 2.82 bits per heavy atom. The summed E-state index contributed by atoms with van der Waals surface area (Å²) in [6, 6.07) is 2.94. The van der Waals surface area contributed by atoms with E-state index in [4.69, 9.17) is 16.3 Å². The summed E-state index contributed by atoms with van der Waals surface area (Å²) in [6.07, 6.45) is 7.08. The van der Waals surface area contributed by atoms with Crippen molar-refractivity contribution in [2.24, 2.45) is 5.92 Å². The molecule has 1 aromatic rings. The molecule has 0 aliphatic heterocycles. The molecule has 0 bridgehead atoms. The average molecular weight is 364 g/mol. The molecule has 2 rings (SSSR count). The lowest BCUT2D eigenvalue weighted by molar-refractivity contribution is -0.145. The van der Waals surface area contributed by atoms with E-state index in [1.54, 1.807) is 0 Å². The van der Waals surface area contributed by atoms with E-state index in [1.807, 2.05) is 0 Å². The number of likely N-dealkylation sites (N-methyl/N-ethyl adjacent to an activating group) is 1. The topological polar surface area (TPSA) is 63.7 Å². The summed E-state index contributed by atoms with van der Waals surface area (Å²) in [5.74, 6) is -0.213. The molecule has 1 unspecified atom stereocenters. The van der Waals surface area contributed by atoms with Crippen molar-refractivity contribution in [3.63, 3.8) is 0 Å². The van der Waals surface area contributed by atoms with Gasteiger partial charge >= 0.3 is 5.97 Å². The molecule has 1 atom stereocenters. The minimum absolute atomic E-state index is 0.116. The molecule has 0 saturated carbocycles. The van der Waals surface area contributed by atoms with Crippen LogP contribution < -0.4 is 0 Å². The van der Waals surface area contributed by atoms with Gasteiger partial charge in [-0.25, -0.2) is 8.42 Å². The third-order valence-electron chi connectivity index (χ3n) is 3.42. The van der Waals surface area contributed by atoms with E-state index in [-0.39, 0.29) is 10.8 Å². The Bertz CT molecular complexity index is 654. The van der Waals surface area contributed by atoms with Crippen LogP contribution in [0.3, 0.4) is 0 Å². The number of esters is 1. The largest absolute Gasteiger partial charge is 0.464 e. The monoisotopic (exact) mass is 363 g/mol. The fourth-order valence-electron chi connectivity index (χ4n) is 2.12. The first kappa shape index (κ1) is 17.5. The highest BCUT2D eigenvalue weighted by Crippen LogP contribution is 2.27. The van der Waals surface area contributed by atoms with Crippen LogP contribution in [0.4, 0.5) is 0 Å². The molecule has 122 valence electrons. The first-order valence-electron chi connectivity index (χ1n) is 6.92. The zero-order chi connectivity index (χ0) is 16.2. The predicted molar refractivity (Wildman–Crippen MR) is 86.6 cm³/mol. The van der Waals surface area contributed by atoms with E-state index >= 15 is 0 Å². The van der Waals surface area contributed by atoms with Gasteiger partial charge in [0, 0.05) is 7.05 Å². The van der Waals surface area contributed by atoms with Gasteiger partial charge in [-0.2, -0.15) is 4.31 Å².